The van der Waals surface area contributed by atoms with Gasteiger partial charge in [0, 0.05) is 37.0 Å². The molecule has 0 radical (unpaired) electrons. The van der Waals surface area contributed by atoms with Crippen LogP contribution in [-0.4, -0.2) is 31.8 Å². The fourth-order valence-corrected chi connectivity index (χ4v) is 6.75. The van der Waals surface area contributed by atoms with Gasteiger partial charge in [0.2, 0.25) is 0 Å². The molecule has 5 atom stereocenters. The fraction of sp³-hybridized carbons (Fsp3) is 0.515. The van der Waals surface area contributed by atoms with Gasteiger partial charge in [-0.25, -0.2) is 5.01 Å². The maximum Gasteiger partial charge on any atom is 0.164 e. The number of hydrogen-bond acceptors (Lipinski definition) is 5. The molecule has 0 unspecified atom stereocenters. The molecule has 5 heteroatoms. The van der Waals surface area contributed by atoms with E-state index in [1.807, 2.05) is 6.07 Å². The van der Waals surface area contributed by atoms with Crippen molar-refractivity contribution >= 4 is 22.9 Å². The Kier molecular flexibility index (Phi) is 6.58. The van der Waals surface area contributed by atoms with Crippen LogP contribution < -0.4 is 15.2 Å². The number of para-hydroxylation sites is 1. The summed E-state index contributed by atoms with van der Waals surface area (Å²) in [6.45, 7) is 15.8. The molecular formula is C33H44N4O. The van der Waals surface area contributed by atoms with E-state index < -0.39 is 0 Å². The molecule has 2 aromatic carbocycles. The van der Waals surface area contributed by atoms with Gasteiger partial charge in [-0.3, -0.25) is 10.1 Å². The quantitative estimate of drug-likeness (QED) is 0.490. The van der Waals surface area contributed by atoms with Gasteiger partial charge in [0.05, 0.1) is 17.6 Å². The smallest absolute Gasteiger partial charge is 0.164 e. The summed E-state index contributed by atoms with van der Waals surface area (Å²) in [5.74, 6) is 0.651. The largest absolute Gasteiger partial charge is 0.378 e. The lowest BCUT2D eigenvalue weighted by Gasteiger charge is -2.51. The summed E-state index contributed by atoms with van der Waals surface area (Å²) in [6.07, 6.45) is 0.845. The third-order valence-corrected chi connectivity index (χ3v) is 8.85. The molecular weight excluding hydrogens is 468 g/mol. The minimum absolute atomic E-state index is 0.0174. The molecule has 2 heterocycles. The Labute approximate surface area is 229 Å². The first-order valence-corrected chi connectivity index (χ1v) is 14.0. The maximum atomic E-state index is 14.5. The van der Waals surface area contributed by atoms with Crippen molar-refractivity contribution in [3.05, 3.63) is 71.3 Å². The first kappa shape index (κ1) is 26.7. The van der Waals surface area contributed by atoms with E-state index in [0.29, 0.717) is 11.7 Å². The average Bonchev–Trinajstić information content (AvgIpc) is 3.19. The predicted octanol–water partition coefficient (Wildman–Crippen LogP) is 6.83. The predicted molar refractivity (Wildman–Crippen MR) is 158 cm³/mol. The average molecular weight is 513 g/mol. The first-order chi connectivity index (χ1) is 17.8. The number of hydrazone groups is 1. The summed E-state index contributed by atoms with van der Waals surface area (Å²) < 4.78 is 0. The Morgan fingerprint density at radius 1 is 0.895 bits per heavy atom. The third-order valence-electron chi connectivity index (χ3n) is 8.85. The standard InChI is InChI=1S/C33H44N4O/c1-20-26-27-24(32(2,3)4)19-25(33(5,6)7)30(38)28(27)29(21-15-17-22(18-16-21)36(8)9)34-31(26)37(35-20)23-13-11-10-12-14-23/h10-18,24-26,29,31,34H,19H2,1-9H3/t24-,25-,26+,29-,31+/m1/s1. The summed E-state index contributed by atoms with van der Waals surface area (Å²) in [5.41, 5.74) is 6.65. The van der Waals surface area contributed by atoms with Crippen LogP contribution in [0.1, 0.15) is 66.5 Å². The van der Waals surface area contributed by atoms with Gasteiger partial charge in [-0.05, 0) is 65.5 Å². The number of hydrogen-bond donors (Lipinski definition) is 1. The lowest BCUT2D eigenvalue weighted by Crippen LogP contribution is -2.56. The van der Waals surface area contributed by atoms with E-state index in [-0.39, 0.29) is 34.9 Å². The van der Waals surface area contributed by atoms with Crippen LogP contribution >= 0.6 is 0 Å². The molecule has 38 heavy (non-hydrogen) atoms. The molecule has 2 aliphatic heterocycles. The van der Waals surface area contributed by atoms with Crippen LogP contribution in [0.15, 0.2) is 70.8 Å². The normalized spacial score (nSPS) is 27.7. The summed E-state index contributed by atoms with van der Waals surface area (Å²) in [6, 6.07) is 18.9. The molecule has 3 aliphatic rings. The highest BCUT2D eigenvalue weighted by atomic mass is 16.1. The van der Waals surface area contributed by atoms with Gasteiger partial charge in [0.1, 0.15) is 6.17 Å². The monoisotopic (exact) mass is 512 g/mol. The fourth-order valence-electron chi connectivity index (χ4n) is 6.75. The lowest BCUT2D eigenvalue weighted by atomic mass is 9.56. The summed E-state index contributed by atoms with van der Waals surface area (Å²) in [4.78, 5) is 16.6. The summed E-state index contributed by atoms with van der Waals surface area (Å²) in [7, 11) is 4.12. The molecule has 1 N–H and O–H groups in total. The molecule has 0 amide bonds. The van der Waals surface area contributed by atoms with E-state index in [4.69, 9.17) is 5.10 Å². The molecule has 0 saturated heterocycles. The second-order valence-corrected chi connectivity index (χ2v) is 13.7. The number of benzene rings is 2. The molecule has 2 aromatic rings. The molecule has 5 nitrogen and oxygen atoms in total. The topological polar surface area (TPSA) is 47.9 Å². The first-order valence-electron chi connectivity index (χ1n) is 14.0. The van der Waals surface area contributed by atoms with E-state index in [9.17, 15) is 4.79 Å². The zero-order valence-corrected chi connectivity index (χ0v) is 24.5. The zero-order valence-electron chi connectivity index (χ0n) is 24.5. The summed E-state index contributed by atoms with van der Waals surface area (Å²) >= 11 is 0. The van der Waals surface area contributed by atoms with Crippen LogP contribution in [0.2, 0.25) is 0 Å². The van der Waals surface area contributed by atoms with Crippen molar-refractivity contribution in [2.45, 2.75) is 67.1 Å². The van der Waals surface area contributed by atoms with Gasteiger partial charge in [-0.2, -0.15) is 5.10 Å². The molecule has 5 rings (SSSR count). The molecule has 0 bridgehead atoms. The molecule has 0 fully saturated rings. The highest BCUT2D eigenvalue weighted by molar-refractivity contribution is 6.03. The van der Waals surface area contributed by atoms with Crippen molar-refractivity contribution in [1.29, 1.82) is 0 Å². The number of carbonyl (C=O) groups is 1. The number of ketones is 1. The van der Waals surface area contributed by atoms with Crippen molar-refractivity contribution < 1.29 is 4.79 Å². The van der Waals surface area contributed by atoms with Gasteiger partial charge in [-0.15, -0.1) is 0 Å². The van der Waals surface area contributed by atoms with Gasteiger partial charge >= 0.3 is 0 Å². The van der Waals surface area contributed by atoms with E-state index >= 15 is 0 Å². The Morgan fingerprint density at radius 3 is 2.05 bits per heavy atom. The van der Waals surface area contributed by atoms with Gasteiger partial charge in [0.25, 0.3) is 0 Å². The van der Waals surface area contributed by atoms with Gasteiger partial charge in [0.15, 0.2) is 5.78 Å². The second kappa shape index (κ2) is 9.37. The zero-order chi connectivity index (χ0) is 27.6. The van der Waals surface area contributed by atoms with Crippen molar-refractivity contribution in [3.63, 3.8) is 0 Å². The van der Waals surface area contributed by atoms with Crippen molar-refractivity contribution in [1.82, 2.24) is 5.32 Å². The minimum atomic E-state index is -0.183. The van der Waals surface area contributed by atoms with E-state index in [0.717, 1.165) is 34.6 Å². The Morgan fingerprint density at radius 2 is 1.50 bits per heavy atom. The molecule has 0 aromatic heterocycles. The molecule has 0 spiro atoms. The third kappa shape index (κ3) is 4.49. The number of nitrogens with zero attached hydrogens (tertiary/aromatic N) is 3. The number of Topliss-reactive ketones (excluding diaryl/α,β-unsaturated/α-hetero) is 1. The minimum Gasteiger partial charge on any atom is -0.378 e. The number of carbonyl (C=O) groups excluding carboxylic acids is 1. The van der Waals surface area contributed by atoms with Crippen molar-refractivity contribution in [3.8, 4) is 0 Å². The van der Waals surface area contributed by atoms with Crippen LogP contribution in [-0.2, 0) is 4.79 Å². The maximum absolute atomic E-state index is 14.5. The number of anilines is 2. The second-order valence-electron chi connectivity index (χ2n) is 13.7. The highest BCUT2D eigenvalue weighted by Crippen LogP contribution is 2.55. The molecule has 1 aliphatic carbocycles. The van der Waals surface area contributed by atoms with Crippen LogP contribution in [0.5, 0.6) is 0 Å². The highest BCUT2D eigenvalue weighted by Gasteiger charge is 2.55. The van der Waals surface area contributed by atoms with Gasteiger partial charge < -0.3 is 4.90 Å². The van der Waals surface area contributed by atoms with E-state index in [1.54, 1.807) is 0 Å². The lowest BCUT2D eigenvalue weighted by molar-refractivity contribution is -0.125. The Bertz CT molecular complexity index is 1260. The Hall–Kier alpha value is -2.92. The molecule has 202 valence electrons. The summed E-state index contributed by atoms with van der Waals surface area (Å²) in [5, 5.41) is 11.2. The van der Waals surface area contributed by atoms with Gasteiger partial charge in [-0.1, -0.05) is 71.9 Å². The van der Waals surface area contributed by atoms with Crippen LogP contribution in [0.25, 0.3) is 0 Å². The number of rotatable bonds is 3. The molecule has 0 saturated carbocycles. The van der Waals surface area contributed by atoms with Crippen LogP contribution in [0, 0.1) is 28.6 Å². The van der Waals surface area contributed by atoms with E-state index in [1.165, 1.54) is 5.57 Å². The van der Waals surface area contributed by atoms with Crippen molar-refractivity contribution in [2.24, 2.45) is 33.7 Å². The Balaban J connectivity index is 1.73. The van der Waals surface area contributed by atoms with Crippen LogP contribution in [0.3, 0.4) is 0 Å². The van der Waals surface area contributed by atoms with E-state index in [2.05, 4.69) is 126 Å². The van der Waals surface area contributed by atoms with Crippen molar-refractivity contribution in [2.75, 3.05) is 24.0 Å². The SMILES string of the molecule is CC1=NN(c2ccccc2)[C@@H]2N[C@H](c3ccc(N(C)C)cc3)C3=C([C@H]12)[C@H](C(C)(C)C)C[C@@H](C(C)(C)C)C3=O. The van der Waals surface area contributed by atoms with Crippen LogP contribution in [0.4, 0.5) is 11.4 Å². The number of fused-ring (bicyclic) bond motifs is 2. The number of nitrogens with one attached hydrogen (secondary N) is 1.